The van der Waals surface area contributed by atoms with Gasteiger partial charge in [0.2, 0.25) is 0 Å². The van der Waals surface area contributed by atoms with E-state index in [9.17, 15) is 0 Å². The lowest BCUT2D eigenvalue weighted by Gasteiger charge is -2.13. The highest BCUT2D eigenvalue weighted by atomic mass is 32.2. The van der Waals surface area contributed by atoms with Crippen LogP contribution in [0.2, 0.25) is 0 Å². The first-order valence-corrected chi connectivity index (χ1v) is 6.05. The maximum Gasteiger partial charge on any atom is 0.0736 e. The van der Waals surface area contributed by atoms with E-state index in [2.05, 4.69) is 23.5 Å². The van der Waals surface area contributed by atoms with Gasteiger partial charge in [-0.05, 0) is 24.0 Å². The Morgan fingerprint density at radius 3 is 3.07 bits per heavy atom. The molecule has 4 heteroatoms. The number of hydrogen-bond acceptors (Lipinski definition) is 4. The van der Waals surface area contributed by atoms with E-state index in [-0.39, 0.29) is 0 Å². The molecule has 0 saturated carbocycles. The Morgan fingerprint density at radius 2 is 2.43 bits per heavy atom. The average Bonchev–Trinajstić information content (AvgIpc) is 2.17. The summed E-state index contributed by atoms with van der Waals surface area (Å²) in [7, 11) is 0. The van der Waals surface area contributed by atoms with Crippen LogP contribution in [-0.2, 0) is 0 Å². The number of aromatic nitrogens is 1. The third kappa shape index (κ3) is 3.46. The molecule has 0 aromatic carbocycles. The molecule has 3 N–H and O–H groups in total. The topological polar surface area (TPSA) is 50.9 Å². The molecule has 3 nitrogen and oxygen atoms in total. The van der Waals surface area contributed by atoms with Crippen molar-refractivity contribution in [2.45, 2.75) is 6.92 Å². The molecule has 1 aromatic heterocycles. The van der Waals surface area contributed by atoms with Crippen molar-refractivity contribution in [3.63, 3.8) is 0 Å². The lowest BCUT2D eigenvalue weighted by molar-refractivity contribution is 0.702. The first-order valence-electron chi connectivity index (χ1n) is 4.66. The zero-order valence-electron chi connectivity index (χ0n) is 8.66. The van der Waals surface area contributed by atoms with E-state index >= 15 is 0 Å². The molecule has 1 rings (SSSR count). The van der Waals surface area contributed by atoms with Crippen molar-refractivity contribution in [1.29, 1.82) is 0 Å². The molecule has 0 saturated heterocycles. The van der Waals surface area contributed by atoms with E-state index in [0.717, 1.165) is 18.0 Å². The number of rotatable bonds is 5. The average molecular weight is 211 g/mol. The van der Waals surface area contributed by atoms with Gasteiger partial charge in [-0.25, -0.2) is 0 Å². The van der Waals surface area contributed by atoms with Crippen LogP contribution >= 0.6 is 11.8 Å². The molecule has 1 aromatic rings. The van der Waals surface area contributed by atoms with Crippen LogP contribution in [0, 0.1) is 5.92 Å². The molecular weight excluding hydrogens is 194 g/mol. The summed E-state index contributed by atoms with van der Waals surface area (Å²) in [6, 6.07) is 1.90. The fourth-order valence-electron chi connectivity index (χ4n) is 1.20. The molecule has 0 aliphatic rings. The smallest absolute Gasteiger partial charge is 0.0736 e. The van der Waals surface area contributed by atoms with E-state index in [1.165, 1.54) is 0 Å². The zero-order chi connectivity index (χ0) is 10.4. The second-order valence-electron chi connectivity index (χ2n) is 3.40. The number of nitrogens with two attached hydrogens (primary N) is 1. The molecular formula is C10H17N3S. The fourth-order valence-corrected chi connectivity index (χ4v) is 1.88. The van der Waals surface area contributed by atoms with Crippen molar-refractivity contribution >= 4 is 23.1 Å². The van der Waals surface area contributed by atoms with Crippen LogP contribution in [0.1, 0.15) is 6.92 Å². The summed E-state index contributed by atoms with van der Waals surface area (Å²) in [6.07, 6.45) is 5.54. The summed E-state index contributed by atoms with van der Waals surface area (Å²) in [5, 5.41) is 3.32. The first-order chi connectivity index (χ1) is 6.74. The van der Waals surface area contributed by atoms with Gasteiger partial charge in [-0.15, -0.1) is 0 Å². The van der Waals surface area contributed by atoms with Crippen LogP contribution in [0.4, 0.5) is 11.4 Å². The monoisotopic (exact) mass is 211 g/mol. The minimum absolute atomic E-state index is 0.651. The SMILES string of the molecule is CSCC(C)CNc1ccncc1N. The minimum atomic E-state index is 0.651. The Morgan fingerprint density at radius 1 is 1.64 bits per heavy atom. The molecule has 0 spiro atoms. The van der Waals surface area contributed by atoms with Gasteiger partial charge >= 0.3 is 0 Å². The Kier molecular flexibility index (Phi) is 4.59. The van der Waals surface area contributed by atoms with Gasteiger partial charge < -0.3 is 11.1 Å². The van der Waals surface area contributed by atoms with Gasteiger partial charge in [0.25, 0.3) is 0 Å². The van der Waals surface area contributed by atoms with E-state index in [1.807, 2.05) is 17.8 Å². The highest BCUT2D eigenvalue weighted by Gasteiger charge is 2.02. The van der Waals surface area contributed by atoms with Crippen molar-refractivity contribution in [3.8, 4) is 0 Å². The highest BCUT2D eigenvalue weighted by Crippen LogP contribution is 2.16. The van der Waals surface area contributed by atoms with Crippen molar-refractivity contribution in [2.24, 2.45) is 5.92 Å². The molecule has 0 aliphatic carbocycles. The third-order valence-corrected chi connectivity index (χ3v) is 2.85. The Bertz CT molecular complexity index is 278. The van der Waals surface area contributed by atoms with Gasteiger partial charge in [0.15, 0.2) is 0 Å². The molecule has 0 radical (unpaired) electrons. The van der Waals surface area contributed by atoms with Crippen molar-refractivity contribution in [2.75, 3.05) is 29.6 Å². The lowest BCUT2D eigenvalue weighted by Crippen LogP contribution is -2.14. The standard InChI is InChI=1S/C10H17N3S/c1-8(7-14-2)5-13-10-3-4-12-6-9(10)11/h3-4,6,8H,5,7,11H2,1-2H3,(H,12,13). The van der Waals surface area contributed by atoms with E-state index < -0.39 is 0 Å². The van der Waals surface area contributed by atoms with Crippen molar-refractivity contribution in [3.05, 3.63) is 18.5 Å². The zero-order valence-corrected chi connectivity index (χ0v) is 9.47. The number of hydrogen-bond donors (Lipinski definition) is 2. The second kappa shape index (κ2) is 5.75. The van der Waals surface area contributed by atoms with Gasteiger partial charge in [-0.2, -0.15) is 11.8 Å². The van der Waals surface area contributed by atoms with Crippen molar-refractivity contribution in [1.82, 2.24) is 4.98 Å². The Balaban J connectivity index is 2.41. The molecule has 78 valence electrons. The Labute approximate surface area is 89.5 Å². The number of thioether (sulfide) groups is 1. The number of nitrogen functional groups attached to an aromatic ring is 1. The largest absolute Gasteiger partial charge is 0.396 e. The van der Waals surface area contributed by atoms with Crippen LogP contribution in [0.3, 0.4) is 0 Å². The van der Waals surface area contributed by atoms with Gasteiger partial charge in [0, 0.05) is 12.7 Å². The van der Waals surface area contributed by atoms with Crippen LogP contribution in [0.15, 0.2) is 18.5 Å². The summed E-state index contributed by atoms with van der Waals surface area (Å²) in [4.78, 5) is 3.94. The summed E-state index contributed by atoms with van der Waals surface area (Å²) in [6.45, 7) is 3.18. The number of pyridine rings is 1. The molecule has 14 heavy (non-hydrogen) atoms. The van der Waals surface area contributed by atoms with Gasteiger partial charge in [-0.1, -0.05) is 6.92 Å². The number of nitrogens with one attached hydrogen (secondary N) is 1. The quantitative estimate of drug-likeness (QED) is 0.783. The molecule has 0 aliphatic heterocycles. The lowest BCUT2D eigenvalue weighted by atomic mass is 10.2. The van der Waals surface area contributed by atoms with Gasteiger partial charge in [-0.3, -0.25) is 4.98 Å². The third-order valence-electron chi connectivity index (χ3n) is 1.94. The van der Waals surface area contributed by atoms with Gasteiger partial charge in [0.1, 0.15) is 0 Å². The molecule has 1 atom stereocenters. The normalized spacial score (nSPS) is 12.4. The van der Waals surface area contributed by atoms with Crippen LogP contribution in [0.25, 0.3) is 0 Å². The summed E-state index contributed by atoms with van der Waals surface area (Å²) >= 11 is 1.87. The molecule has 0 amide bonds. The van der Waals surface area contributed by atoms with Crippen molar-refractivity contribution < 1.29 is 0 Å². The van der Waals surface area contributed by atoms with Crippen LogP contribution < -0.4 is 11.1 Å². The predicted molar refractivity (Wildman–Crippen MR) is 64.7 cm³/mol. The molecule has 1 unspecified atom stereocenters. The van der Waals surface area contributed by atoms with E-state index in [0.29, 0.717) is 11.6 Å². The fraction of sp³-hybridized carbons (Fsp3) is 0.500. The maximum absolute atomic E-state index is 5.75. The Hall–Kier alpha value is -0.900. The predicted octanol–water partition coefficient (Wildman–Crippen LogP) is 2.07. The second-order valence-corrected chi connectivity index (χ2v) is 4.32. The first kappa shape index (κ1) is 11.2. The van der Waals surface area contributed by atoms with E-state index in [1.54, 1.807) is 12.4 Å². The molecule has 0 fully saturated rings. The van der Waals surface area contributed by atoms with Gasteiger partial charge in [0.05, 0.1) is 17.6 Å². The van der Waals surface area contributed by atoms with Crippen LogP contribution in [-0.4, -0.2) is 23.5 Å². The van der Waals surface area contributed by atoms with Crippen LogP contribution in [0.5, 0.6) is 0 Å². The minimum Gasteiger partial charge on any atom is -0.396 e. The van der Waals surface area contributed by atoms with E-state index in [4.69, 9.17) is 5.73 Å². The summed E-state index contributed by atoms with van der Waals surface area (Å²) in [5.41, 5.74) is 7.44. The number of anilines is 2. The summed E-state index contributed by atoms with van der Waals surface area (Å²) < 4.78 is 0. The highest BCUT2D eigenvalue weighted by molar-refractivity contribution is 7.98. The summed E-state index contributed by atoms with van der Waals surface area (Å²) in [5.74, 6) is 1.82. The maximum atomic E-state index is 5.75. The molecule has 1 heterocycles. The number of nitrogens with zero attached hydrogens (tertiary/aromatic N) is 1. The molecule has 0 bridgehead atoms.